The third-order valence-electron chi connectivity index (χ3n) is 2.54. The maximum atomic E-state index is 13.0. The largest absolute Gasteiger partial charge is 0.366 e. The lowest BCUT2D eigenvalue weighted by atomic mass is 10.1. The van der Waals surface area contributed by atoms with Gasteiger partial charge in [0.05, 0.1) is 0 Å². The van der Waals surface area contributed by atoms with Crippen LogP contribution in [0.25, 0.3) is 0 Å². The summed E-state index contributed by atoms with van der Waals surface area (Å²) in [6.07, 6.45) is 2.66. The van der Waals surface area contributed by atoms with E-state index in [9.17, 15) is 4.39 Å². The van der Waals surface area contributed by atoms with Gasteiger partial charge in [-0.1, -0.05) is 12.1 Å². The van der Waals surface area contributed by atoms with E-state index in [0.29, 0.717) is 0 Å². The monoisotopic (exact) mass is 233 g/mol. The van der Waals surface area contributed by atoms with Crippen molar-refractivity contribution in [2.24, 2.45) is 7.05 Å². The van der Waals surface area contributed by atoms with Crippen LogP contribution in [0.4, 0.5) is 10.2 Å². The van der Waals surface area contributed by atoms with Crippen LogP contribution in [0.1, 0.15) is 12.5 Å². The van der Waals surface area contributed by atoms with E-state index < -0.39 is 0 Å². The van der Waals surface area contributed by atoms with E-state index >= 15 is 0 Å². The average molecular weight is 233 g/mol. The summed E-state index contributed by atoms with van der Waals surface area (Å²) < 4.78 is 14.8. The van der Waals surface area contributed by atoms with Crippen molar-refractivity contribution >= 4 is 5.82 Å². The highest BCUT2D eigenvalue weighted by atomic mass is 19.1. The van der Waals surface area contributed by atoms with E-state index in [4.69, 9.17) is 0 Å². The van der Waals surface area contributed by atoms with Gasteiger partial charge in [-0.3, -0.25) is 4.68 Å². The van der Waals surface area contributed by atoms with Gasteiger partial charge in [0.15, 0.2) is 0 Å². The first-order chi connectivity index (χ1) is 8.13. The minimum atomic E-state index is -0.187. The molecule has 17 heavy (non-hydrogen) atoms. The molecule has 1 unspecified atom stereocenters. The first-order valence-corrected chi connectivity index (χ1v) is 5.64. The smallest absolute Gasteiger partial charge is 0.148 e. The van der Waals surface area contributed by atoms with Crippen molar-refractivity contribution in [3.63, 3.8) is 0 Å². The molecule has 0 aliphatic carbocycles. The second-order valence-electron chi connectivity index (χ2n) is 4.25. The Morgan fingerprint density at radius 2 is 2.24 bits per heavy atom. The Kier molecular flexibility index (Phi) is 3.42. The molecular weight excluding hydrogens is 217 g/mol. The molecule has 2 aromatic rings. The van der Waals surface area contributed by atoms with E-state index in [1.807, 2.05) is 25.4 Å². The number of hydrogen-bond acceptors (Lipinski definition) is 2. The second-order valence-corrected chi connectivity index (χ2v) is 4.25. The number of aryl methyl sites for hydroxylation is 1. The Labute approximate surface area is 100 Å². The van der Waals surface area contributed by atoms with Crippen molar-refractivity contribution in [1.82, 2.24) is 9.78 Å². The van der Waals surface area contributed by atoms with Gasteiger partial charge in [-0.05, 0) is 31.0 Å². The maximum Gasteiger partial charge on any atom is 0.148 e. The van der Waals surface area contributed by atoms with Crippen molar-refractivity contribution in [1.29, 1.82) is 0 Å². The van der Waals surface area contributed by atoms with Crippen LogP contribution in [0, 0.1) is 5.82 Å². The Morgan fingerprint density at radius 3 is 2.88 bits per heavy atom. The zero-order valence-electron chi connectivity index (χ0n) is 10.0. The van der Waals surface area contributed by atoms with Crippen LogP contribution < -0.4 is 5.32 Å². The Balaban J connectivity index is 1.95. The first-order valence-electron chi connectivity index (χ1n) is 5.64. The van der Waals surface area contributed by atoms with Crippen molar-refractivity contribution in [3.8, 4) is 0 Å². The molecule has 4 heteroatoms. The van der Waals surface area contributed by atoms with Crippen molar-refractivity contribution in [3.05, 3.63) is 47.9 Å². The summed E-state index contributed by atoms with van der Waals surface area (Å²) >= 11 is 0. The van der Waals surface area contributed by atoms with E-state index in [1.165, 1.54) is 6.07 Å². The Bertz CT molecular complexity index is 493. The van der Waals surface area contributed by atoms with E-state index in [2.05, 4.69) is 17.3 Å². The summed E-state index contributed by atoms with van der Waals surface area (Å²) in [5.74, 6) is 0.656. The molecule has 90 valence electrons. The molecule has 0 fully saturated rings. The molecule has 1 N–H and O–H groups in total. The minimum Gasteiger partial charge on any atom is -0.366 e. The van der Waals surface area contributed by atoms with Crippen LogP contribution in [0.3, 0.4) is 0 Å². The molecule has 0 saturated heterocycles. The van der Waals surface area contributed by atoms with Crippen LogP contribution in [0.15, 0.2) is 36.5 Å². The number of nitrogens with one attached hydrogen (secondary N) is 1. The predicted molar refractivity (Wildman–Crippen MR) is 66.4 cm³/mol. The topological polar surface area (TPSA) is 29.9 Å². The number of halogens is 1. The lowest BCUT2D eigenvalue weighted by Gasteiger charge is -2.13. The van der Waals surface area contributed by atoms with Gasteiger partial charge in [0, 0.05) is 25.4 Å². The SMILES string of the molecule is CC(Cc1cccc(F)c1)Nc1ccn(C)n1. The maximum absolute atomic E-state index is 13.0. The summed E-state index contributed by atoms with van der Waals surface area (Å²) in [6, 6.07) is 8.82. The summed E-state index contributed by atoms with van der Waals surface area (Å²) in [7, 11) is 1.88. The lowest BCUT2D eigenvalue weighted by Crippen LogP contribution is -2.18. The zero-order valence-corrected chi connectivity index (χ0v) is 10.0. The summed E-state index contributed by atoms with van der Waals surface area (Å²) in [4.78, 5) is 0. The highest BCUT2D eigenvalue weighted by Crippen LogP contribution is 2.10. The molecule has 1 aromatic carbocycles. The molecule has 2 rings (SSSR count). The average Bonchev–Trinajstić information content (AvgIpc) is 2.63. The molecule has 1 aromatic heterocycles. The van der Waals surface area contributed by atoms with Gasteiger partial charge in [-0.15, -0.1) is 0 Å². The predicted octanol–water partition coefficient (Wildman–Crippen LogP) is 2.60. The molecule has 3 nitrogen and oxygen atoms in total. The third-order valence-corrected chi connectivity index (χ3v) is 2.54. The van der Waals surface area contributed by atoms with Gasteiger partial charge in [-0.2, -0.15) is 5.10 Å². The van der Waals surface area contributed by atoms with E-state index in [1.54, 1.807) is 16.8 Å². The van der Waals surface area contributed by atoms with Crippen LogP contribution in [0.5, 0.6) is 0 Å². The zero-order chi connectivity index (χ0) is 12.3. The fourth-order valence-corrected chi connectivity index (χ4v) is 1.81. The molecule has 0 spiro atoms. The lowest BCUT2D eigenvalue weighted by molar-refractivity contribution is 0.624. The van der Waals surface area contributed by atoms with Gasteiger partial charge in [-0.25, -0.2) is 4.39 Å². The third kappa shape index (κ3) is 3.31. The molecule has 0 saturated carbocycles. The summed E-state index contributed by atoms with van der Waals surface area (Å²) in [6.45, 7) is 2.06. The van der Waals surface area contributed by atoms with Gasteiger partial charge < -0.3 is 5.32 Å². The van der Waals surface area contributed by atoms with Gasteiger partial charge >= 0.3 is 0 Å². The van der Waals surface area contributed by atoms with Gasteiger partial charge in [0.1, 0.15) is 11.6 Å². The molecular formula is C13H16FN3. The fraction of sp³-hybridized carbons (Fsp3) is 0.308. The van der Waals surface area contributed by atoms with Crippen LogP contribution in [-0.4, -0.2) is 15.8 Å². The quantitative estimate of drug-likeness (QED) is 0.879. The number of rotatable bonds is 4. The van der Waals surface area contributed by atoms with Crippen LogP contribution in [-0.2, 0) is 13.5 Å². The molecule has 0 amide bonds. The fourth-order valence-electron chi connectivity index (χ4n) is 1.81. The van der Waals surface area contributed by atoms with Crippen LogP contribution in [0.2, 0.25) is 0 Å². The molecule has 0 radical (unpaired) electrons. The highest BCUT2D eigenvalue weighted by Gasteiger charge is 2.05. The summed E-state index contributed by atoms with van der Waals surface area (Å²) in [5.41, 5.74) is 0.987. The number of anilines is 1. The first kappa shape index (κ1) is 11.6. The summed E-state index contributed by atoms with van der Waals surface area (Å²) in [5, 5.41) is 7.52. The number of aromatic nitrogens is 2. The highest BCUT2D eigenvalue weighted by molar-refractivity contribution is 5.34. The normalized spacial score (nSPS) is 12.4. The van der Waals surface area contributed by atoms with Crippen molar-refractivity contribution in [2.75, 3.05) is 5.32 Å². The minimum absolute atomic E-state index is 0.187. The molecule has 0 aliphatic heterocycles. The standard InChI is InChI=1S/C13H16FN3/c1-10(15-13-6-7-17(2)16-13)8-11-4-3-5-12(14)9-11/h3-7,9-10H,8H2,1-2H3,(H,15,16). The second kappa shape index (κ2) is 4.99. The molecule has 0 aliphatic rings. The van der Waals surface area contributed by atoms with E-state index in [-0.39, 0.29) is 11.9 Å². The Hall–Kier alpha value is -1.84. The van der Waals surface area contributed by atoms with Crippen LogP contribution >= 0.6 is 0 Å². The molecule has 1 heterocycles. The van der Waals surface area contributed by atoms with Gasteiger partial charge in [0.25, 0.3) is 0 Å². The van der Waals surface area contributed by atoms with Crippen molar-refractivity contribution < 1.29 is 4.39 Å². The molecule has 1 atom stereocenters. The van der Waals surface area contributed by atoms with E-state index in [0.717, 1.165) is 17.8 Å². The molecule has 0 bridgehead atoms. The number of hydrogen-bond donors (Lipinski definition) is 1. The number of benzene rings is 1. The number of nitrogens with zero attached hydrogens (tertiary/aromatic N) is 2. The van der Waals surface area contributed by atoms with Gasteiger partial charge in [0.2, 0.25) is 0 Å². The Morgan fingerprint density at radius 1 is 1.41 bits per heavy atom. The van der Waals surface area contributed by atoms with Crippen molar-refractivity contribution in [2.45, 2.75) is 19.4 Å².